The first kappa shape index (κ1) is 19.6. The molecule has 0 fully saturated rings. The Morgan fingerprint density at radius 1 is 1.15 bits per heavy atom. The van der Waals surface area contributed by atoms with Crippen LogP contribution >= 0.6 is 0 Å². The molecule has 0 unspecified atom stereocenters. The molecular weight excluding hydrogens is 342 g/mol. The van der Waals surface area contributed by atoms with E-state index in [-0.39, 0.29) is 11.3 Å². The van der Waals surface area contributed by atoms with Crippen molar-refractivity contribution in [2.75, 3.05) is 6.54 Å². The fraction of sp³-hybridized carbons (Fsp3) is 0.143. The summed E-state index contributed by atoms with van der Waals surface area (Å²) in [6.45, 7) is 0.459. The van der Waals surface area contributed by atoms with Gasteiger partial charge in [-0.3, -0.25) is 14.9 Å². The van der Waals surface area contributed by atoms with Gasteiger partial charge in [-0.15, -0.1) is 0 Å². The highest BCUT2D eigenvalue weighted by Gasteiger charge is 2.09. The average molecular weight is 361 g/mol. The smallest absolute Gasteiger partial charge is 0.276 e. The van der Waals surface area contributed by atoms with Crippen LogP contribution in [0.1, 0.15) is 17.5 Å². The third-order valence-corrected chi connectivity index (χ3v) is 3.81. The predicted molar refractivity (Wildman–Crippen MR) is 104 cm³/mol. The van der Waals surface area contributed by atoms with Crippen molar-refractivity contribution in [3.05, 3.63) is 93.6 Å². The second-order valence-electron chi connectivity index (χ2n) is 5.71. The summed E-state index contributed by atoms with van der Waals surface area (Å²) >= 11 is 0. The zero-order valence-electron chi connectivity index (χ0n) is 14.7. The number of para-hydroxylation sites is 1. The highest BCUT2D eigenvalue weighted by Crippen LogP contribution is 2.19. The van der Waals surface area contributed by atoms with Crippen molar-refractivity contribution in [3.63, 3.8) is 0 Å². The SMILES string of the molecule is N#C/C(=C/C=C/c1ccccc1[N+](=O)[O-])C(=O)NCCCc1ccccc1. The van der Waals surface area contributed by atoms with E-state index in [1.165, 1.54) is 29.9 Å². The van der Waals surface area contributed by atoms with E-state index in [9.17, 15) is 14.9 Å². The molecule has 0 aliphatic heterocycles. The molecule has 0 heterocycles. The average Bonchev–Trinajstić information content (AvgIpc) is 2.69. The van der Waals surface area contributed by atoms with Gasteiger partial charge in [0.05, 0.1) is 10.5 Å². The van der Waals surface area contributed by atoms with E-state index in [2.05, 4.69) is 5.32 Å². The number of hydrogen-bond donors (Lipinski definition) is 1. The first-order valence-electron chi connectivity index (χ1n) is 8.46. The van der Waals surface area contributed by atoms with Crippen LogP contribution < -0.4 is 5.32 Å². The Bertz CT molecular complexity index is 896. The number of rotatable bonds is 8. The number of allylic oxidation sites excluding steroid dienone is 2. The van der Waals surface area contributed by atoms with E-state index >= 15 is 0 Å². The molecule has 27 heavy (non-hydrogen) atoms. The summed E-state index contributed by atoms with van der Waals surface area (Å²) in [5.41, 5.74) is 1.50. The molecule has 0 saturated heterocycles. The van der Waals surface area contributed by atoms with Crippen LogP contribution in [-0.2, 0) is 11.2 Å². The fourth-order valence-corrected chi connectivity index (χ4v) is 2.44. The Hall–Kier alpha value is -3.72. The highest BCUT2D eigenvalue weighted by molar-refractivity contribution is 5.97. The number of carbonyl (C=O) groups excluding carboxylic acids is 1. The minimum Gasteiger partial charge on any atom is -0.351 e. The summed E-state index contributed by atoms with van der Waals surface area (Å²) in [5, 5.41) is 22.8. The molecular formula is C21H19N3O3. The molecule has 2 rings (SSSR count). The number of nitro benzene ring substituents is 1. The monoisotopic (exact) mass is 361 g/mol. The maximum atomic E-state index is 12.1. The molecule has 1 amide bonds. The minimum absolute atomic E-state index is 0.0361. The van der Waals surface area contributed by atoms with E-state index in [4.69, 9.17) is 5.26 Å². The molecule has 0 atom stereocenters. The molecule has 2 aromatic carbocycles. The van der Waals surface area contributed by atoms with Crippen LogP contribution in [0, 0.1) is 21.4 Å². The Balaban J connectivity index is 1.90. The van der Waals surface area contributed by atoms with Crippen LogP contribution in [0.3, 0.4) is 0 Å². The quantitative estimate of drug-likeness (QED) is 0.193. The molecule has 1 N–H and O–H groups in total. The van der Waals surface area contributed by atoms with Crippen molar-refractivity contribution >= 4 is 17.7 Å². The summed E-state index contributed by atoms with van der Waals surface area (Å²) in [7, 11) is 0. The first-order valence-corrected chi connectivity index (χ1v) is 8.46. The standard InChI is InChI=1S/C21H19N3O3/c22-16-19(13-6-12-18-11-4-5-14-20(18)24(26)27)21(25)23-15-7-10-17-8-2-1-3-9-17/h1-6,8-9,11-14H,7,10,15H2,(H,23,25)/b12-6+,19-13-. The number of nitro groups is 1. The lowest BCUT2D eigenvalue weighted by molar-refractivity contribution is -0.385. The third-order valence-electron chi connectivity index (χ3n) is 3.81. The van der Waals surface area contributed by atoms with Crippen LogP contribution in [0.5, 0.6) is 0 Å². The molecule has 0 aliphatic carbocycles. The maximum Gasteiger partial charge on any atom is 0.276 e. The second-order valence-corrected chi connectivity index (χ2v) is 5.71. The lowest BCUT2D eigenvalue weighted by atomic mass is 10.1. The fourth-order valence-electron chi connectivity index (χ4n) is 2.44. The van der Waals surface area contributed by atoms with Crippen LogP contribution in [-0.4, -0.2) is 17.4 Å². The number of hydrogen-bond acceptors (Lipinski definition) is 4. The van der Waals surface area contributed by atoms with E-state index in [1.54, 1.807) is 18.2 Å². The Morgan fingerprint density at radius 2 is 1.85 bits per heavy atom. The zero-order valence-corrected chi connectivity index (χ0v) is 14.7. The molecule has 0 spiro atoms. The van der Waals surface area contributed by atoms with Gasteiger partial charge in [0.2, 0.25) is 0 Å². The van der Waals surface area contributed by atoms with Crippen molar-refractivity contribution in [3.8, 4) is 6.07 Å². The molecule has 0 radical (unpaired) electrons. The Kier molecular flexibility index (Phi) is 7.49. The Morgan fingerprint density at radius 3 is 2.56 bits per heavy atom. The van der Waals surface area contributed by atoms with Gasteiger partial charge < -0.3 is 5.32 Å². The van der Waals surface area contributed by atoms with Gasteiger partial charge in [-0.05, 0) is 36.6 Å². The zero-order chi connectivity index (χ0) is 19.5. The molecule has 0 saturated carbocycles. The van der Waals surface area contributed by atoms with Gasteiger partial charge in [-0.25, -0.2) is 0 Å². The summed E-state index contributed by atoms with van der Waals surface area (Å²) in [6, 6.07) is 18.0. The molecule has 2 aromatic rings. The van der Waals surface area contributed by atoms with E-state index in [0.29, 0.717) is 12.1 Å². The normalized spacial score (nSPS) is 11.1. The van der Waals surface area contributed by atoms with E-state index in [0.717, 1.165) is 12.8 Å². The second kappa shape index (κ2) is 10.3. The minimum atomic E-state index is -0.478. The first-order chi connectivity index (χ1) is 13.1. The maximum absolute atomic E-state index is 12.1. The molecule has 0 bridgehead atoms. The molecule has 136 valence electrons. The number of amides is 1. The lowest BCUT2D eigenvalue weighted by Gasteiger charge is -2.04. The number of benzene rings is 2. The van der Waals surface area contributed by atoms with Crippen molar-refractivity contribution in [2.45, 2.75) is 12.8 Å². The lowest BCUT2D eigenvalue weighted by Crippen LogP contribution is -2.25. The number of carbonyl (C=O) groups is 1. The topological polar surface area (TPSA) is 96.0 Å². The predicted octanol–water partition coefficient (Wildman–Crippen LogP) is 3.81. The van der Waals surface area contributed by atoms with Crippen molar-refractivity contribution in [1.82, 2.24) is 5.32 Å². The Labute approximate surface area is 157 Å². The van der Waals surface area contributed by atoms with Gasteiger partial charge in [-0.1, -0.05) is 48.5 Å². The molecule has 6 heteroatoms. The van der Waals surface area contributed by atoms with Gasteiger partial charge >= 0.3 is 0 Å². The summed E-state index contributed by atoms with van der Waals surface area (Å²) in [4.78, 5) is 22.6. The van der Waals surface area contributed by atoms with Crippen LogP contribution in [0.4, 0.5) is 5.69 Å². The summed E-state index contributed by atoms with van der Waals surface area (Å²) in [5.74, 6) is -0.460. The molecule has 0 aliphatic rings. The molecule has 0 aromatic heterocycles. The van der Waals surface area contributed by atoms with Crippen LogP contribution in [0.25, 0.3) is 6.08 Å². The van der Waals surface area contributed by atoms with Gasteiger partial charge in [0.1, 0.15) is 11.6 Å². The summed E-state index contributed by atoms with van der Waals surface area (Å²) in [6.07, 6.45) is 5.91. The van der Waals surface area contributed by atoms with E-state index < -0.39 is 10.8 Å². The molecule has 6 nitrogen and oxygen atoms in total. The van der Waals surface area contributed by atoms with Crippen LogP contribution in [0.2, 0.25) is 0 Å². The van der Waals surface area contributed by atoms with Crippen molar-refractivity contribution in [2.24, 2.45) is 0 Å². The van der Waals surface area contributed by atoms with Gasteiger partial charge in [0.15, 0.2) is 0 Å². The largest absolute Gasteiger partial charge is 0.351 e. The van der Waals surface area contributed by atoms with E-state index in [1.807, 2.05) is 36.4 Å². The van der Waals surface area contributed by atoms with Crippen molar-refractivity contribution < 1.29 is 9.72 Å². The van der Waals surface area contributed by atoms with Crippen molar-refractivity contribution in [1.29, 1.82) is 5.26 Å². The number of aryl methyl sites for hydroxylation is 1. The van der Waals surface area contributed by atoms with Crippen LogP contribution in [0.15, 0.2) is 72.3 Å². The van der Waals surface area contributed by atoms with Gasteiger partial charge in [-0.2, -0.15) is 5.26 Å². The number of nitrogens with zero attached hydrogens (tertiary/aromatic N) is 2. The van der Waals surface area contributed by atoms with Gasteiger partial charge in [0, 0.05) is 12.6 Å². The number of nitriles is 1. The third kappa shape index (κ3) is 6.25. The highest BCUT2D eigenvalue weighted by atomic mass is 16.6. The summed E-state index contributed by atoms with van der Waals surface area (Å²) < 4.78 is 0. The number of nitrogens with one attached hydrogen (secondary N) is 1. The van der Waals surface area contributed by atoms with Gasteiger partial charge in [0.25, 0.3) is 11.6 Å².